The Morgan fingerprint density at radius 2 is 2.21 bits per heavy atom. The van der Waals surface area contributed by atoms with E-state index >= 15 is 0 Å². The van der Waals surface area contributed by atoms with Crippen molar-refractivity contribution in [3.63, 3.8) is 0 Å². The zero-order chi connectivity index (χ0) is 14.1. The highest BCUT2D eigenvalue weighted by Gasteiger charge is 2.18. The summed E-state index contributed by atoms with van der Waals surface area (Å²) in [7, 11) is 0. The van der Waals surface area contributed by atoms with E-state index < -0.39 is 0 Å². The van der Waals surface area contributed by atoms with Crippen LogP contribution in [0.5, 0.6) is 0 Å². The summed E-state index contributed by atoms with van der Waals surface area (Å²) in [5, 5.41) is 3.06. The van der Waals surface area contributed by atoms with Crippen LogP contribution in [0.15, 0.2) is 25.4 Å². The largest absolute Gasteiger partial charge is 0.367 e. The first-order chi connectivity index (χ1) is 9.19. The lowest BCUT2D eigenvalue weighted by Crippen LogP contribution is -2.42. The van der Waals surface area contributed by atoms with Crippen LogP contribution in [0.4, 0.5) is 0 Å². The Bertz CT molecular complexity index is 336. The molecule has 5 heteroatoms. The molecule has 2 heterocycles. The monoisotopic (exact) mass is 266 g/mol. The SMILES string of the molecule is C=CC(=O)C1CNCCO1.C=CN1CCCCC1=O. The second-order valence-corrected chi connectivity index (χ2v) is 4.40. The maximum Gasteiger partial charge on any atom is 0.226 e. The molecular weight excluding hydrogens is 244 g/mol. The lowest BCUT2D eigenvalue weighted by molar-refractivity contribution is -0.130. The summed E-state index contributed by atoms with van der Waals surface area (Å²) in [6.07, 6.45) is 5.48. The smallest absolute Gasteiger partial charge is 0.226 e. The lowest BCUT2D eigenvalue weighted by atomic mass is 10.1. The summed E-state index contributed by atoms with van der Waals surface area (Å²) in [5.41, 5.74) is 0. The fourth-order valence-electron chi connectivity index (χ4n) is 1.90. The first kappa shape index (κ1) is 15.6. The molecule has 0 aromatic rings. The number of nitrogens with zero attached hydrogens (tertiary/aromatic N) is 1. The van der Waals surface area contributed by atoms with Gasteiger partial charge in [-0.3, -0.25) is 9.59 Å². The molecule has 5 nitrogen and oxygen atoms in total. The first-order valence-electron chi connectivity index (χ1n) is 6.59. The van der Waals surface area contributed by atoms with E-state index in [-0.39, 0.29) is 17.8 Å². The van der Waals surface area contributed by atoms with Crippen molar-refractivity contribution in [3.05, 3.63) is 25.4 Å². The number of piperidine rings is 1. The molecule has 2 saturated heterocycles. The van der Waals surface area contributed by atoms with Crippen LogP contribution in [0.2, 0.25) is 0 Å². The van der Waals surface area contributed by atoms with Gasteiger partial charge < -0.3 is 15.0 Å². The topological polar surface area (TPSA) is 58.6 Å². The number of rotatable bonds is 3. The number of carbonyl (C=O) groups excluding carboxylic acids is 2. The Morgan fingerprint density at radius 3 is 2.68 bits per heavy atom. The Morgan fingerprint density at radius 1 is 1.42 bits per heavy atom. The second kappa shape index (κ2) is 8.61. The van der Waals surface area contributed by atoms with Crippen LogP contribution < -0.4 is 5.32 Å². The van der Waals surface area contributed by atoms with E-state index in [1.807, 2.05) is 0 Å². The normalized spacial score (nSPS) is 23.1. The van der Waals surface area contributed by atoms with Crippen molar-refractivity contribution < 1.29 is 14.3 Å². The van der Waals surface area contributed by atoms with Crippen LogP contribution in [-0.2, 0) is 14.3 Å². The van der Waals surface area contributed by atoms with Crippen molar-refractivity contribution >= 4 is 11.7 Å². The van der Waals surface area contributed by atoms with E-state index in [9.17, 15) is 9.59 Å². The fraction of sp³-hybridized carbons (Fsp3) is 0.571. The Labute approximate surface area is 114 Å². The molecule has 1 atom stereocenters. The number of morpholine rings is 1. The van der Waals surface area contributed by atoms with Gasteiger partial charge in [-0.15, -0.1) is 0 Å². The van der Waals surface area contributed by atoms with Gasteiger partial charge in [0.2, 0.25) is 5.91 Å². The third-order valence-corrected chi connectivity index (χ3v) is 3.03. The summed E-state index contributed by atoms with van der Waals surface area (Å²) < 4.78 is 5.15. The van der Waals surface area contributed by atoms with Crippen molar-refractivity contribution in [2.24, 2.45) is 0 Å². The zero-order valence-corrected chi connectivity index (χ0v) is 11.3. The third-order valence-electron chi connectivity index (χ3n) is 3.03. The summed E-state index contributed by atoms with van der Waals surface area (Å²) in [6, 6.07) is 0. The van der Waals surface area contributed by atoms with E-state index in [1.165, 1.54) is 6.08 Å². The van der Waals surface area contributed by atoms with Crippen LogP contribution in [0, 0.1) is 0 Å². The molecule has 106 valence electrons. The molecule has 0 saturated carbocycles. The van der Waals surface area contributed by atoms with E-state index in [4.69, 9.17) is 4.74 Å². The van der Waals surface area contributed by atoms with E-state index in [0.29, 0.717) is 19.6 Å². The van der Waals surface area contributed by atoms with Gasteiger partial charge in [0.1, 0.15) is 6.10 Å². The standard InChI is InChI=1S/C7H11NO2.C7H11NO/c1-2-6(9)7-5-8-3-4-10-7;1-2-8-6-4-3-5-7(8)9/h2,7-8H,1,3-5H2;2H,1,3-6H2. The number of ether oxygens (including phenoxy) is 1. The van der Waals surface area contributed by atoms with E-state index in [1.54, 1.807) is 11.1 Å². The maximum atomic E-state index is 10.9. The predicted molar refractivity (Wildman–Crippen MR) is 73.6 cm³/mol. The molecule has 19 heavy (non-hydrogen) atoms. The average molecular weight is 266 g/mol. The number of ketones is 1. The maximum absolute atomic E-state index is 10.9. The Balaban J connectivity index is 0.000000191. The number of nitrogens with one attached hydrogen (secondary N) is 1. The molecule has 2 aliphatic rings. The molecule has 1 unspecified atom stereocenters. The average Bonchev–Trinajstić information content (AvgIpc) is 2.48. The van der Waals surface area contributed by atoms with Crippen LogP contribution in [0.25, 0.3) is 0 Å². The lowest BCUT2D eigenvalue weighted by Gasteiger charge is -2.21. The number of carbonyl (C=O) groups is 2. The minimum absolute atomic E-state index is 0.0350. The second-order valence-electron chi connectivity index (χ2n) is 4.40. The van der Waals surface area contributed by atoms with Crippen LogP contribution in [-0.4, -0.2) is 48.9 Å². The van der Waals surface area contributed by atoms with Gasteiger partial charge in [0.05, 0.1) is 6.61 Å². The fourth-order valence-corrected chi connectivity index (χ4v) is 1.90. The summed E-state index contributed by atoms with van der Waals surface area (Å²) in [5.74, 6) is 0.184. The molecule has 1 N–H and O–H groups in total. The zero-order valence-electron chi connectivity index (χ0n) is 11.3. The molecule has 2 aliphatic heterocycles. The predicted octanol–water partition coefficient (Wildman–Crippen LogP) is 0.872. The highest BCUT2D eigenvalue weighted by molar-refractivity contribution is 5.93. The number of likely N-dealkylation sites (tertiary alicyclic amines) is 1. The molecule has 0 aliphatic carbocycles. The number of amides is 1. The van der Waals surface area contributed by atoms with Gasteiger partial charge in [0, 0.05) is 26.1 Å². The van der Waals surface area contributed by atoms with Gasteiger partial charge in [-0.2, -0.15) is 0 Å². The van der Waals surface area contributed by atoms with E-state index in [0.717, 1.165) is 25.9 Å². The molecule has 0 aromatic heterocycles. The van der Waals surface area contributed by atoms with Crippen molar-refractivity contribution in [2.45, 2.75) is 25.4 Å². The molecule has 1 amide bonds. The molecule has 0 radical (unpaired) electrons. The third kappa shape index (κ3) is 5.36. The molecule has 2 fully saturated rings. The van der Waals surface area contributed by atoms with Crippen molar-refractivity contribution in [2.75, 3.05) is 26.2 Å². The number of hydrogen-bond acceptors (Lipinski definition) is 4. The van der Waals surface area contributed by atoms with Gasteiger partial charge in [-0.05, 0) is 25.1 Å². The van der Waals surface area contributed by atoms with Gasteiger partial charge in [-0.25, -0.2) is 0 Å². The van der Waals surface area contributed by atoms with E-state index in [2.05, 4.69) is 18.5 Å². The van der Waals surface area contributed by atoms with Crippen LogP contribution >= 0.6 is 0 Å². The first-order valence-corrected chi connectivity index (χ1v) is 6.59. The highest BCUT2D eigenvalue weighted by atomic mass is 16.5. The highest BCUT2D eigenvalue weighted by Crippen LogP contribution is 2.09. The van der Waals surface area contributed by atoms with Gasteiger partial charge in [-0.1, -0.05) is 13.2 Å². The Kier molecular flexibility index (Phi) is 7.07. The van der Waals surface area contributed by atoms with Crippen LogP contribution in [0.3, 0.4) is 0 Å². The van der Waals surface area contributed by atoms with Crippen LogP contribution in [0.1, 0.15) is 19.3 Å². The summed E-state index contributed by atoms with van der Waals surface area (Å²) in [6.45, 7) is 9.85. The molecule has 0 aromatic carbocycles. The minimum atomic E-state index is -0.300. The summed E-state index contributed by atoms with van der Waals surface area (Å²) in [4.78, 5) is 23.4. The quantitative estimate of drug-likeness (QED) is 0.770. The molecule has 2 rings (SSSR count). The number of hydrogen-bond donors (Lipinski definition) is 1. The minimum Gasteiger partial charge on any atom is -0.367 e. The Hall–Kier alpha value is -1.46. The van der Waals surface area contributed by atoms with Gasteiger partial charge >= 0.3 is 0 Å². The van der Waals surface area contributed by atoms with Crippen molar-refractivity contribution in [3.8, 4) is 0 Å². The van der Waals surface area contributed by atoms with Gasteiger partial charge in [0.15, 0.2) is 5.78 Å². The summed E-state index contributed by atoms with van der Waals surface area (Å²) >= 11 is 0. The molecular formula is C14H22N2O3. The molecule has 0 bridgehead atoms. The molecule has 0 spiro atoms. The van der Waals surface area contributed by atoms with Gasteiger partial charge in [0.25, 0.3) is 0 Å². The van der Waals surface area contributed by atoms with Crippen molar-refractivity contribution in [1.82, 2.24) is 10.2 Å². The van der Waals surface area contributed by atoms with Crippen molar-refractivity contribution in [1.29, 1.82) is 0 Å².